The van der Waals surface area contributed by atoms with E-state index in [1.165, 1.54) is 0 Å². The van der Waals surface area contributed by atoms with E-state index in [-0.39, 0.29) is 24.0 Å². The van der Waals surface area contributed by atoms with Crippen LogP contribution in [0.3, 0.4) is 0 Å². The molecule has 8 nitrogen and oxygen atoms in total. The van der Waals surface area contributed by atoms with Crippen LogP contribution in [0.5, 0.6) is 0 Å². The third kappa shape index (κ3) is 6.72. The number of piperazine rings is 1. The van der Waals surface area contributed by atoms with Crippen molar-refractivity contribution in [3.05, 3.63) is 18.5 Å². The smallest absolute Gasteiger partial charge is 0.225 e. The first-order chi connectivity index (χ1) is 12.8. The number of hydrogen-bond donors (Lipinski definition) is 1. The zero-order valence-corrected chi connectivity index (χ0v) is 18.7. The van der Waals surface area contributed by atoms with Gasteiger partial charge >= 0.3 is 0 Å². The number of halogens is 1. The number of ether oxygens (including phenoxy) is 1. The van der Waals surface area contributed by atoms with Gasteiger partial charge < -0.3 is 19.9 Å². The molecule has 27 heavy (non-hydrogen) atoms. The lowest BCUT2D eigenvalue weighted by atomic mass is 10.1. The Kier molecular flexibility index (Phi) is 9.49. The van der Waals surface area contributed by atoms with E-state index in [0.29, 0.717) is 5.92 Å². The van der Waals surface area contributed by atoms with Crippen LogP contribution >= 0.6 is 24.0 Å². The number of anilines is 1. The molecule has 2 aliphatic rings. The van der Waals surface area contributed by atoms with E-state index in [0.717, 1.165) is 77.4 Å². The zero-order chi connectivity index (χ0) is 18.2. The van der Waals surface area contributed by atoms with Gasteiger partial charge in [0.05, 0.1) is 6.61 Å². The fourth-order valence-electron chi connectivity index (χ4n) is 3.54. The van der Waals surface area contributed by atoms with Crippen molar-refractivity contribution in [2.24, 2.45) is 10.9 Å². The summed E-state index contributed by atoms with van der Waals surface area (Å²) in [6.07, 6.45) is 4.76. The highest BCUT2D eigenvalue weighted by Crippen LogP contribution is 2.13. The van der Waals surface area contributed by atoms with E-state index in [1.54, 1.807) is 12.4 Å². The lowest BCUT2D eigenvalue weighted by Gasteiger charge is -2.35. The number of guanidine groups is 1. The molecule has 0 amide bonds. The summed E-state index contributed by atoms with van der Waals surface area (Å²) in [4.78, 5) is 20.0. The molecular formula is C18H32IN7O. The summed E-state index contributed by atoms with van der Waals surface area (Å²) in [5, 5.41) is 3.49. The highest BCUT2D eigenvalue weighted by Gasteiger charge is 2.20. The summed E-state index contributed by atoms with van der Waals surface area (Å²) in [7, 11) is 3.95. The first kappa shape index (κ1) is 22.1. The van der Waals surface area contributed by atoms with Gasteiger partial charge in [-0.3, -0.25) is 9.89 Å². The van der Waals surface area contributed by atoms with Crippen LogP contribution < -0.4 is 10.2 Å². The standard InChI is InChI=1S/C18H31N7O.HI/c1-19-17(23(2)14-16-4-13-26-15-16)22-7-8-24-9-11-25(12-10-24)18-20-5-3-6-21-18;/h3,5-6,16H,4,7-15H2,1-2H3,(H,19,22);1H. The largest absolute Gasteiger partial charge is 0.381 e. The van der Waals surface area contributed by atoms with Gasteiger partial charge in [0.2, 0.25) is 5.95 Å². The molecule has 0 saturated carbocycles. The molecule has 2 fully saturated rings. The fraction of sp³-hybridized carbons (Fsp3) is 0.722. The van der Waals surface area contributed by atoms with Crippen molar-refractivity contribution in [1.29, 1.82) is 0 Å². The molecule has 3 heterocycles. The second-order valence-corrected chi connectivity index (χ2v) is 6.96. The van der Waals surface area contributed by atoms with Gasteiger partial charge in [0.15, 0.2) is 5.96 Å². The predicted molar refractivity (Wildman–Crippen MR) is 119 cm³/mol. The zero-order valence-electron chi connectivity index (χ0n) is 16.4. The molecule has 0 aliphatic carbocycles. The van der Waals surface area contributed by atoms with Gasteiger partial charge in [-0.2, -0.15) is 0 Å². The number of aliphatic imine (C=N–C) groups is 1. The minimum atomic E-state index is 0. The maximum absolute atomic E-state index is 5.47. The first-order valence-corrected chi connectivity index (χ1v) is 9.50. The molecule has 0 radical (unpaired) electrons. The van der Waals surface area contributed by atoms with Crippen LogP contribution in [0.2, 0.25) is 0 Å². The van der Waals surface area contributed by atoms with Crippen LogP contribution in [0.15, 0.2) is 23.5 Å². The lowest BCUT2D eigenvalue weighted by Crippen LogP contribution is -2.50. The van der Waals surface area contributed by atoms with Crippen LogP contribution in [-0.4, -0.2) is 98.8 Å². The van der Waals surface area contributed by atoms with Crippen molar-refractivity contribution in [3.63, 3.8) is 0 Å². The monoisotopic (exact) mass is 489 g/mol. The topological polar surface area (TPSA) is 69.1 Å². The van der Waals surface area contributed by atoms with Crippen LogP contribution in [0.1, 0.15) is 6.42 Å². The maximum atomic E-state index is 5.47. The summed E-state index contributed by atoms with van der Waals surface area (Å²) < 4.78 is 5.47. The number of aromatic nitrogens is 2. The number of nitrogens with one attached hydrogen (secondary N) is 1. The molecule has 0 aromatic carbocycles. The van der Waals surface area contributed by atoms with Crippen LogP contribution in [0.25, 0.3) is 0 Å². The van der Waals surface area contributed by atoms with Crippen molar-refractivity contribution >= 4 is 35.9 Å². The second kappa shape index (κ2) is 11.6. The van der Waals surface area contributed by atoms with E-state index in [4.69, 9.17) is 4.74 Å². The van der Waals surface area contributed by atoms with Gasteiger partial charge in [-0.15, -0.1) is 24.0 Å². The Bertz CT molecular complexity index is 560. The average Bonchev–Trinajstić information content (AvgIpc) is 3.19. The van der Waals surface area contributed by atoms with Crippen LogP contribution in [0.4, 0.5) is 5.95 Å². The van der Waals surface area contributed by atoms with Crippen LogP contribution in [0, 0.1) is 5.92 Å². The highest BCUT2D eigenvalue weighted by atomic mass is 127. The van der Waals surface area contributed by atoms with Gasteiger partial charge in [-0.1, -0.05) is 0 Å². The summed E-state index contributed by atoms with van der Waals surface area (Å²) >= 11 is 0. The Labute approximate surface area is 179 Å². The Morgan fingerprint density at radius 3 is 2.67 bits per heavy atom. The number of hydrogen-bond acceptors (Lipinski definition) is 6. The molecule has 1 atom stereocenters. The minimum absolute atomic E-state index is 0. The molecule has 3 rings (SSSR count). The van der Waals surface area contributed by atoms with Gasteiger partial charge in [0.1, 0.15) is 0 Å². The van der Waals surface area contributed by atoms with E-state index in [9.17, 15) is 0 Å². The van der Waals surface area contributed by atoms with E-state index >= 15 is 0 Å². The van der Waals surface area contributed by atoms with E-state index in [1.807, 2.05) is 13.1 Å². The summed E-state index contributed by atoms with van der Waals surface area (Å²) in [6, 6.07) is 1.86. The third-order valence-corrected chi connectivity index (χ3v) is 5.05. The number of rotatable bonds is 6. The molecule has 0 bridgehead atoms. The molecule has 1 aromatic rings. The lowest BCUT2D eigenvalue weighted by molar-refractivity contribution is 0.181. The Morgan fingerprint density at radius 2 is 2.04 bits per heavy atom. The molecule has 1 unspecified atom stereocenters. The summed E-state index contributed by atoms with van der Waals surface area (Å²) in [5.41, 5.74) is 0. The van der Waals surface area contributed by atoms with Crippen molar-refractivity contribution in [1.82, 2.24) is 25.1 Å². The molecule has 2 aliphatic heterocycles. The van der Waals surface area contributed by atoms with Gasteiger partial charge in [0.25, 0.3) is 0 Å². The Balaban J connectivity index is 0.00000261. The minimum Gasteiger partial charge on any atom is -0.381 e. The van der Waals surface area contributed by atoms with Crippen molar-refractivity contribution < 1.29 is 4.74 Å². The van der Waals surface area contributed by atoms with E-state index < -0.39 is 0 Å². The molecule has 2 saturated heterocycles. The molecule has 152 valence electrons. The molecule has 1 N–H and O–H groups in total. The molecular weight excluding hydrogens is 457 g/mol. The quantitative estimate of drug-likeness (QED) is 0.360. The van der Waals surface area contributed by atoms with Gasteiger partial charge in [-0.25, -0.2) is 9.97 Å². The highest BCUT2D eigenvalue weighted by molar-refractivity contribution is 14.0. The Morgan fingerprint density at radius 1 is 1.30 bits per heavy atom. The van der Waals surface area contributed by atoms with Crippen molar-refractivity contribution in [2.45, 2.75) is 6.42 Å². The van der Waals surface area contributed by atoms with E-state index in [2.05, 4.69) is 42.0 Å². The third-order valence-electron chi connectivity index (χ3n) is 5.05. The molecule has 9 heteroatoms. The summed E-state index contributed by atoms with van der Waals surface area (Å²) in [6.45, 7) is 8.70. The van der Waals surface area contributed by atoms with Crippen molar-refractivity contribution in [2.75, 3.05) is 78.0 Å². The van der Waals surface area contributed by atoms with Crippen LogP contribution in [-0.2, 0) is 4.74 Å². The first-order valence-electron chi connectivity index (χ1n) is 9.50. The average molecular weight is 489 g/mol. The molecule has 1 aromatic heterocycles. The van der Waals surface area contributed by atoms with Crippen molar-refractivity contribution in [3.8, 4) is 0 Å². The van der Waals surface area contributed by atoms with Gasteiger partial charge in [0, 0.05) is 84.8 Å². The maximum Gasteiger partial charge on any atom is 0.225 e. The van der Waals surface area contributed by atoms with Gasteiger partial charge in [-0.05, 0) is 12.5 Å². The molecule has 0 spiro atoms. The fourth-order valence-corrected chi connectivity index (χ4v) is 3.54. The predicted octanol–water partition coefficient (Wildman–Crippen LogP) is 0.760. The Hall–Kier alpha value is -1.20. The summed E-state index contributed by atoms with van der Waals surface area (Å²) in [5.74, 6) is 2.42. The second-order valence-electron chi connectivity index (χ2n) is 6.96. The number of nitrogens with zero attached hydrogens (tertiary/aromatic N) is 6. The normalized spacial score (nSPS) is 21.0. The SMILES string of the molecule is CN=C(NCCN1CCN(c2ncccn2)CC1)N(C)CC1CCOC1.I.